The van der Waals surface area contributed by atoms with E-state index in [1.807, 2.05) is 54.6 Å². The Bertz CT molecular complexity index is 808. The molecule has 116 valence electrons. The van der Waals surface area contributed by atoms with E-state index in [0.29, 0.717) is 5.95 Å². The van der Waals surface area contributed by atoms with Crippen molar-refractivity contribution in [2.24, 2.45) is 0 Å². The summed E-state index contributed by atoms with van der Waals surface area (Å²) in [4.78, 5) is 19.0. The standard InChI is InChI=1S/C18H17N3O2/c1-12(22)19-18-20-16(13-6-4-3-5-7-13)17(21-18)14-8-10-15(23-2)11-9-14/h3-11H,1-2H3,(H2,19,20,21,22). The van der Waals surface area contributed by atoms with Gasteiger partial charge >= 0.3 is 0 Å². The minimum Gasteiger partial charge on any atom is -0.497 e. The number of benzene rings is 2. The number of amides is 1. The first-order valence-corrected chi connectivity index (χ1v) is 7.25. The molecule has 5 nitrogen and oxygen atoms in total. The van der Waals surface area contributed by atoms with Crippen LogP contribution in [0.5, 0.6) is 5.75 Å². The summed E-state index contributed by atoms with van der Waals surface area (Å²) in [6.07, 6.45) is 0. The van der Waals surface area contributed by atoms with E-state index in [1.54, 1.807) is 7.11 Å². The van der Waals surface area contributed by atoms with Crippen LogP contribution in [0.1, 0.15) is 6.92 Å². The molecule has 0 bridgehead atoms. The number of carbonyl (C=O) groups is 1. The molecule has 1 heterocycles. The van der Waals surface area contributed by atoms with Gasteiger partial charge in [-0.2, -0.15) is 0 Å². The van der Waals surface area contributed by atoms with Gasteiger partial charge in [0, 0.05) is 18.1 Å². The Labute approximate surface area is 134 Å². The van der Waals surface area contributed by atoms with E-state index >= 15 is 0 Å². The number of nitrogens with zero attached hydrogens (tertiary/aromatic N) is 1. The van der Waals surface area contributed by atoms with Gasteiger partial charge in [0.2, 0.25) is 11.9 Å². The van der Waals surface area contributed by atoms with Crippen molar-refractivity contribution in [3.05, 3.63) is 54.6 Å². The fourth-order valence-electron chi connectivity index (χ4n) is 2.37. The molecule has 0 atom stereocenters. The molecule has 3 rings (SSSR count). The number of aromatic amines is 1. The predicted molar refractivity (Wildman–Crippen MR) is 90.3 cm³/mol. The Balaban J connectivity index is 2.09. The fourth-order valence-corrected chi connectivity index (χ4v) is 2.37. The van der Waals surface area contributed by atoms with Crippen molar-refractivity contribution in [2.75, 3.05) is 12.4 Å². The molecule has 2 aromatic carbocycles. The van der Waals surface area contributed by atoms with Gasteiger partial charge in [0.15, 0.2) is 0 Å². The average molecular weight is 307 g/mol. The second-order valence-electron chi connectivity index (χ2n) is 5.08. The van der Waals surface area contributed by atoms with E-state index in [-0.39, 0.29) is 5.91 Å². The number of methoxy groups -OCH3 is 1. The molecule has 5 heteroatoms. The van der Waals surface area contributed by atoms with E-state index in [2.05, 4.69) is 15.3 Å². The molecule has 0 spiro atoms. The summed E-state index contributed by atoms with van der Waals surface area (Å²) in [6, 6.07) is 17.5. The molecule has 0 saturated carbocycles. The molecule has 0 fully saturated rings. The van der Waals surface area contributed by atoms with Crippen molar-refractivity contribution in [2.45, 2.75) is 6.92 Å². The molecule has 0 aliphatic heterocycles. The molecule has 0 unspecified atom stereocenters. The minimum atomic E-state index is -0.167. The van der Waals surface area contributed by atoms with Crippen LogP contribution in [0.4, 0.5) is 5.95 Å². The number of carbonyl (C=O) groups excluding carboxylic acids is 1. The van der Waals surface area contributed by atoms with Gasteiger partial charge in [-0.25, -0.2) is 4.98 Å². The van der Waals surface area contributed by atoms with Gasteiger partial charge < -0.3 is 9.72 Å². The number of anilines is 1. The Morgan fingerprint density at radius 3 is 2.35 bits per heavy atom. The van der Waals surface area contributed by atoms with Gasteiger partial charge in [0.25, 0.3) is 0 Å². The second kappa shape index (κ2) is 6.36. The summed E-state index contributed by atoms with van der Waals surface area (Å²) >= 11 is 0. The van der Waals surface area contributed by atoms with Crippen molar-refractivity contribution >= 4 is 11.9 Å². The van der Waals surface area contributed by atoms with Gasteiger partial charge in [0.05, 0.1) is 18.5 Å². The van der Waals surface area contributed by atoms with Gasteiger partial charge in [-0.15, -0.1) is 0 Å². The van der Waals surface area contributed by atoms with Crippen molar-refractivity contribution in [3.63, 3.8) is 0 Å². The molecular weight excluding hydrogens is 290 g/mol. The Hall–Kier alpha value is -3.08. The summed E-state index contributed by atoms with van der Waals surface area (Å²) < 4.78 is 5.19. The van der Waals surface area contributed by atoms with E-state index in [0.717, 1.165) is 28.3 Å². The number of imidazole rings is 1. The molecule has 0 aliphatic carbocycles. The van der Waals surface area contributed by atoms with E-state index in [1.165, 1.54) is 6.92 Å². The molecular formula is C18H17N3O2. The molecule has 3 aromatic rings. The highest BCUT2D eigenvalue weighted by atomic mass is 16.5. The van der Waals surface area contributed by atoms with Gasteiger partial charge in [-0.1, -0.05) is 30.3 Å². The Kier molecular flexibility index (Phi) is 4.10. The lowest BCUT2D eigenvalue weighted by Crippen LogP contribution is -2.06. The predicted octanol–water partition coefficient (Wildman–Crippen LogP) is 3.71. The molecule has 0 radical (unpaired) electrons. The lowest BCUT2D eigenvalue weighted by molar-refractivity contribution is -0.114. The highest BCUT2D eigenvalue weighted by Gasteiger charge is 2.14. The summed E-state index contributed by atoms with van der Waals surface area (Å²) in [7, 11) is 1.63. The average Bonchev–Trinajstić information content (AvgIpc) is 2.99. The Morgan fingerprint density at radius 1 is 1.04 bits per heavy atom. The van der Waals surface area contributed by atoms with Crippen molar-refractivity contribution in [1.29, 1.82) is 0 Å². The molecule has 2 N–H and O–H groups in total. The number of ether oxygens (including phenoxy) is 1. The maximum atomic E-state index is 11.3. The normalized spacial score (nSPS) is 10.3. The second-order valence-corrected chi connectivity index (χ2v) is 5.08. The third-order valence-electron chi connectivity index (χ3n) is 3.42. The zero-order valence-corrected chi connectivity index (χ0v) is 13.0. The molecule has 23 heavy (non-hydrogen) atoms. The zero-order chi connectivity index (χ0) is 16.2. The van der Waals surface area contributed by atoms with E-state index in [4.69, 9.17) is 4.74 Å². The number of hydrogen-bond acceptors (Lipinski definition) is 3. The van der Waals surface area contributed by atoms with Crippen LogP contribution in [0, 0.1) is 0 Å². The first-order valence-electron chi connectivity index (χ1n) is 7.25. The van der Waals surface area contributed by atoms with Crippen LogP contribution >= 0.6 is 0 Å². The van der Waals surface area contributed by atoms with Crippen LogP contribution < -0.4 is 10.1 Å². The lowest BCUT2D eigenvalue weighted by Gasteiger charge is -2.04. The first kappa shape index (κ1) is 14.8. The summed E-state index contributed by atoms with van der Waals surface area (Å²) in [5.41, 5.74) is 3.59. The van der Waals surface area contributed by atoms with Crippen LogP contribution in [-0.4, -0.2) is 23.0 Å². The number of hydrogen-bond donors (Lipinski definition) is 2. The van der Waals surface area contributed by atoms with Crippen molar-refractivity contribution in [3.8, 4) is 28.3 Å². The number of rotatable bonds is 4. The van der Waals surface area contributed by atoms with E-state index in [9.17, 15) is 4.79 Å². The summed E-state index contributed by atoms with van der Waals surface area (Å²) in [6.45, 7) is 1.46. The van der Waals surface area contributed by atoms with Crippen LogP contribution in [0.25, 0.3) is 22.5 Å². The maximum Gasteiger partial charge on any atom is 0.223 e. The van der Waals surface area contributed by atoms with Crippen molar-refractivity contribution in [1.82, 2.24) is 9.97 Å². The molecule has 1 amide bonds. The molecule has 0 aliphatic rings. The third kappa shape index (κ3) is 3.23. The first-order chi connectivity index (χ1) is 11.2. The monoisotopic (exact) mass is 307 g/mol. The van der Waals surface area contributed by atoms with Crippen molar-refractivity contribution < 1.29 is 9.53 Å². The Morgan fingerprint density at radius 2 is 1.74 bits per heavy atom. The quantitative estimate of drug-likeness (QED) is 0.772. The van der Waals surface area contributed by atoms with Crippen LogP contribution in [0.3, 0.4) is 0 Å². The van der Waals surface area contributed by atoms with Crippen LogP contribution in [0.15, 0.2) is 54.6 Å². The van der Waals surface area contributed by atoms with E-state index < -0.39 is 0 Å². The fraction of sp³-hybridized carbons (Fsp3) is 0.111. The van der Waals surface area contributed by atoms with Gasteiger partial charge in [-0.3, -0.25) is 10.1 Å². The highest BCUT2D eigenvalue weighted by Crippen LogP contribution is 2.32. The van der Waals surface area contributed by atoms with Gasteiger partial charge in [0.1, 0.15) is 5.75 Å². The minimum absolute atomic E-state index is 0.167. The number of nitrogens with one attached hydrogen (secondary N) is 2. The topological polar surface area (TPSA) is 67.0 Å². The summed E-state index contributed by atoms with van der Waals surface area (Å²) in [5.74, 6) is 1.05. The number of H-pyrrole nitrogens is 1. The van der Waals surface area contributed by atoms with Crippen LogP contribution in [-0.2, 0) is 4.79 Å². The zero-order valence-electron chi connectivity index (χ0n) is 13.0. The highest BCUT2D eigenvalue weighted by molar-refractivity contribution is 5.89. The smallest absolute Gasteiger partial charge is 0.223 e. The third-order valence-corrected chi connectivity index (χ3v) is 3.42. The lowest BCUT2D eigenvalue weighted by atomic mass is 10.1. The van der Waals surface area contributed by atoms with Crippen LogP contribution in [0.2, 0.25) is 0 Å². The SMILES string of the molecule is COc1ccc(-c2[nH]c(NC(C)=O)nc2-c2ccccc2)cc1. The molecule has 1 aromatic heterocycles. The largest absolute Gasteiger partial charge is 0.497 e. The van der Waals surface area contributed by atoms with Gasteiger partial charge in [-0.05, 0) is 24.3 Å². The summed E-state index contributed by atoms with van der Waals surface area (Å²) in [5, 5.41) is 2.70. The molecule has 0 saturated heterocycles. The number of aromatic nitrogens is 2. The maximum absolute atomic E-state index is 11.3.